The molecule has 1 heterocycles. The van der Waals surface area contributed by atoms with E-state index in [9.17, 15) is 9.59 Å². The van der Waals surface area contributed by atoms with Gasteiger partial charge in [0.05, 0.1) is 11.9 Å². The van der Waals surface area contributed by atoms with E-state index in [1.807, 2.05) is 6.92 Å². The molecule has 0 bridgehead atoms. The number of urea groups is 1. The van der Waals surface area contributed by atoms with Crippen molar-refractivity contribution in [2.45, 2.75) is 19.8 Å². The van der Waals surface area contributed by atoms with Crippen LogP contribution < -0.4 is 10.6 Å². The molecule has 0 unspecified atom stereocenters. The average Bonchev–Trinajstić information content (AvgIpc) is 2.60. The van der Waals surface area contributed by atoms with Crippen LogP contribution in [0.2, 0.25) is 0 Å². The fourth-order valence-electron chi connectivity index (χ4n) is 1.33. The molecule has 1 aromatic heterocycles. The van der Waals surface area contributed by atoms with Crippen LogP contribution in [0.3, 0.4) is 0 Å². The summed E-state index contributed by atoms with van der Waals surface area (Å²) in [6, 6.07) is -0.422. The predicted molar refractivity (Wildman–Crippen MR) is 62.1 cm³/mol. The number of aryl methyl sites for hydroxylation is 1. The Kier molecular flexibility index (Phi) is 4.50. The lowest BCUT2D eigenvalue weighted by Crippen LogP contribution is -2.30. The molecule has 3 N–H and O–H groups in total. The van der Waals surface area contributed by atoms with Gasteiger partial charge in [-0.25, -0.2) is 9.59 Å². The van der Waals surface area contributed by atoms with Crippen LogP contribution in [0.25, 0.3) is 0 Å². The van der Waals surface area contributed by atoms with Crippen LogP contribution in [-0.2, 0) is 7.05 Å². The van der Waals surface area contributed by atoms with E-state index >= 15 is 0 Å². The Labute approximate surface area is 98.8 Å². The lowest BCUT2D eigenvalue weighted by molar-refractivity contribution is 0.0686. The van der Waals surface area contributed by atoms with Crippen LogP contribution in [0.4, 0.5) is 10.5 Å². The van der Waals surface area contributed by atoms with Crippen LogP contribution in [-0.4, -0.2) is 33.4 Å². The van der Waals surface area contributed by atoms with Gasteiger partial charge in [0.15, 0.2) is 5.69 Å². The zero-order valence-corrected chi connectivity index (χ0v) is 9.86. The van der Waals surface area contributed by atoms with Crippen LogP contribution >= 0.6 is 0 Å². The molecule has 0 fully saturated rings. The minimum Gasteiger partial charge on any atom is -0.476 e. The number of carbonyl (C=O) groups excluding carboxylic acids is 1. The van der Waals surface area contributed by atoms with Crippen LogP contribution in [0, 0.1) is 0 Å². The maximum Gasteiger partial charge on any atom is 0.356 e. The first-order chi connectivity index (χ1) is 8.06. The van der Waals surface area contributed by atoms with Crippen LogP contribution in [0.1, 0.15) is 30.3 Å². The van der Waals surface area contributed by atoms with Gasteiger partial charge in [0.1, 0.15) is 0 Å². The van der Waals surface area contributed by atoms with Gasteiger partial charge < -0.3 is 15.7 Å². The molecule has 17 heavy (non-hydrogen) atoms. The summed E-state index contributed by atoms with van der Waals surface area (Å²) in [6.07, 6.45) is 3.17. The SMILES string of the molecule is CCCCNC(=O)Nc1cnn(C)c1C(=O)O. The van der Waals surface area contributed by atoms with Crippen molar-refractivity contribution in [1.29, 1.82) is 0 Å². The van der Waals surface area contributed by atoms with E-state index in [1.165, 1.54) is 17.9 Å². The molecule has 0 aromatic carbocycles. The van der Waals surface area contributed by atoms with E-state index < -0.39 is 12.0 Å². The Bertz CT molecular complexity index is 414. The number of amides is 2. The zero-order valence-electron chi connectivity index (χ0n) is 9.86. The number of unbranched alkanes of at least 4 members (excludes halogenated alkanes) is 1. The molecule has 2 amide bonds. The number of carboxylic acids is 1. The number of carbonyl (C=O) groups is 2. The molecule has 0 atom stereocenters. The second-order valence-corrected chi connectivity index (χ2v) is 3.57. The number of hydrogen-bond acceptors (Lipinski definition) is 3. The number of nitrogens with zero attached hydrogens (tertiary/aromatic N) is 2. The quantitative estimate of drug-likeness (QED) is 0.670. The van der Waals surface area contributed by atoms with E-state index in [0.717, 1.165) is 12.8 Å². The minimum absolute atomic E-state index is 0.0457. The summed E-state index contributed by atoms with van der Waals surface area (Å²) in [5.74, 6) is -1.13. The third kappa shape index (κ3) is 3.47. The molecule has 1 aromatic rings. The highest BCUT2D eigenvalue weighted by Gasteiger charge is 2.17. The molecule has 0 aliphatic rings. The van der Waals surface area contributed by atoms with Crippen molar-refractivity contribution in [2.24, 2.45) is 7.05 Å². The first-order valence-electron chi connectivity index (χ1n) is 5.36. The maximum atomic E-state index is 11.4. The van der Waals surface area contributed by atoms with Gasteiger partial charge in [-0.1, -0.05) is 13.3 Å². The smallest absolute Gasteiger partial charge is 0.356 e. The van der Waals surface area contributed by atoms with Crippen molar-refractivity contribution in [3.63, 3.8) is 0 Å². The lowest BCUT2D eigenvalue weighted by Gasteiger charge is -2.06. The Morgan fingerprint density at radius 3 is 2.82 bits per heavy atom. The molecule has 7 heteroatoms. The third-order valence-corrected chi connectivity index (χ3v) is 2.21. The molecule has 0 aliphatic carbocycles. The van der Waals surface area contributed by atoms with E-state index in [2.05, 4.69) is 15.7 Å². The van der Waals surface area contributed by atoms with Crippen LogP contribution in [0.15, 0.2) is 6.20 Å². The van der Waals surface area contributed by atoms with E-state index in [-0.39, 0.29) is 11.4 Å². The van der Waals surface area contributed by atoms with Gasteiger partial charge in [0, 0.05) is 13.6 Å². The van der Waals surface area contributed by atoms with Gasteiger partial charge in [-0.15, -0.1) is 0 Å². The Balaban J connectivity index is 2.62. The molecule has 0 saturated carbocycles. The van der Waals surface area contributed by atoms with Gasteiger partial charge >= 0.3 is 12.0 Å². The lowest BCUT2D eigenvalue weighted by atomic mass is 10.3. The highest BCUT2D eigenvalue weighted by Crippen LogP contribution is 2.13. The van der Waals surface area contributed by atoms with Crippen molar-refractivity contribution in [3.05, 3.63) is 11.9 Å². The predicted octanol–water partition coefficient (Wildman–Crippen LogP) is 1.04. The zero-order chi connectivity index (χ0) is 12.8. The van der Waals surface area contributed by atoms with Crippen molar-refractivity contribution in [2.75, 3.05) is 11.9 Å². The number of anilines is 1. The number of carboxylic acid groups (broad SMARTS) is 1. The van der Waals surface area contributed by atoms with E-state index in [1.54, 1.807) is 0 Å². The molecule has 94 valence electrons. The summed E-state index contributed by atoms with van der Waals surface area (Å²) in [5, 5.41) is 17.8. The number of aromatic nitrogens is 2. The molecule has 0 aliphatic heterocycles. The Morgan fingerprint density at radius 1 is 1.53 bits per heavy atom. The summed E-state index contributed by atoms with van der Waals surface area (Å²) in [6.45, 7) is 2.58. The summed E-state index contributed by atoms with van der Waals surface area (Å²) in [4.78, 5) is 22.3. The molecule has 0 spiro atoms. The van der Waals surface area contributed by atoms with E-state index in [0.29, 0.717) is 6.54 Å². The van der Waals surface area contributed by atoms with E-state index in [4.69, 9.17) is 5.11 Å². The Hall–Kier alpha value is -2.05. The van der Waals surface area contributed by atoms with Gasteiger partial charge in [-0.05, 0) is 6.42 Å². The third-order valence-electron chi connectivity index (χ3n) is 2.21. The Morgan fingerprint density at radius 2 is 2.24 bits per heavy atom. The van der Waals surface area contributed by atoms with Gasteiger partial charge in [0.25, 0.3) is 0 Å². The molecule has 7 nitrogen and oxygen atoms in total. The highest BCUT2D eigenvalue weighted by molar-refractivity contribution is 5.98. The summed E-state index contributed by atoms with van der Waals surface area (Å²) >= 11 is 0. The van der Waals surface area contributed by atoms with Gasteiger partial charge in [-0.2, -0.15) is 5.10 Å². The fraction of sp³-hybridized carbons (Fsp3) is 0.500. The normalized spacial score (nSPS) is 10.0. The summed E-state index contributed by atoms with van der Waals surface area (Å²) < 4.78 is 1.20. The molecule has 1 rings (SSSR count). The average molecular weight is 240 g/mol. The van der Waals surface area contributed by atoms with Gasteiger partial charge in [-0.3, -0.25) is 4.68 Å². The number of hydrogen-bond donors (Lipinski definition) is 3. The molecular weight excluding hydrogens is 224 g/mol. The monoisotopic (exact) mass is 240 g/mol. The standard InChI is InChI=1S/C10H16N4O3/c1-3-4-5-11-10(17)13-7-6-12-14(2)8(7)9(15)16/h6H,3-5H2,1-2H3,(H,15,16)(H2,11,13,17). The van der Waals surface area contributed by atoms with Crippen molar-refractivity contribution in [1.82, 2.24) is 15.1 Å². The van der Waals surface area contributed by atoms with Crippen molar-refractivity contribution in [3.8, 4) is 0 Å². The number of nitrogens with one attached hydrogen (secondary N) is 2. The van der Waals surface area contributed by atoms with Crippen molar-refractivity contribution >= 4 is 17.7 Å². The maximum absolute atomic E-state index is 11.4. The summed E-state index contributed by atoms with van der Waals surface area (Å²) in [5.41, 5.74) is 0.143. The second kappa shape index (κ2) is 5.88. The second-order valence-electron chi connectivity index (χ2n) is 3.57. The number of aromatic carboxylic acids is 1. The molecule has 0 saturated heterocycles. The fourth-order valence-corrected chi connectivity index (χ4v) is 1.33. The van der Waals surface area contributed by atoms with Gasteiger partial charge in [0.2, 0.25) is 0 Å². The first-order valence-corrected chi connectivity index (χ1v) is 5.36. The van der Waals surface area contributed by atoms with Crippen LogP contribution in [0.5, 0.6) is 0 Å². The number of rotatable bonds is 5. The molecule has 0 radical (unpaired) electrons. The highest BCUT2D eigenvalue weighted by atomic mass is 16.4. The topological polar surface area (TPSA) is 96.3 Å². The molecular formula is C10H16N4O3. The summed E-state index contributed by atoms with van der Waals surface area (Å²) in [7, 11) is 1.50. The largest absolute Gasteiger partial charge is 0.476 e. The minimum atomic E-state index is -1.13. The first kappa shape index (κ1) is 13.0. The van der Waals surface area contributed by atoms with Crippen molar-refractivity contribution < 1.29 is 14.7 Å².